The van der Waals surface area contributed by atoms with E-state index in [0.29, 0.717) is 11.1 Å². The van der Waals surface area contributed by atoms with Crippen LogP contribution >= 0.6 is 0 Å². The molecule has 0 saturated heterocycles. The second-order valence-electron chi connectivity index (χ2n) is 8.37. The highest BCUT2D eigenvalue weighted by molar-refractivity contribution is 6.10. The predicted octanol–water partition coefficient (Wildman–Crippen LogP) is 6.99. The Kier molecular flexibility index (Phi) is 5.83. The van der Waals surface area contributed by atoms with E-state index in [9.17, 15) is 15.0 Å². The lowest BCUT2D eigenvalue weighted by Crippen LogP contribution is -2.28. The summed E-state index contributed by atoms with van der Waals surface area (Å²) >= 11 is 0. The minimum Gasteiger partial charge on any atom is -0.508 e. The topological polar surface area (TPSA) is 57.5 Å². The van der Waals surface area contributed by atoms with Crippen molar-refractivity contribution in [3.8, 4) is 16.9 Å². The Hall–Kier alpha value is -3.85. The van der Waals surface area contributed by atoms with E-state index in [1.807, 2.05) is 31.2 Å². The number of benzene rings is 3. The van der Waals surface area contributed by atoms with Gasteiger partial charge in [0.05, 0.1) is 0 Å². The summed E-state index contributed by atoms with van der Waals surface area (Å²) < 4.78 is 0. The number of Topliss-reactive ketones (excluding diaryl/α,β-unsaturated/α-hetero) is 1. The Balaban J connectivity index is 1.71. The van der Waals surface area contributed by atoms with Crippen molar-refractivity contribution in [2.75, 3.05) is 0 Å². The maximum absolute atomic E-state index is 13.5. The molecule has 3 aromatic carbocycles. The molecule has 4 rings (SSSR count). The largest absolute Gasteiger partial charge is 0.508 e. The smallest absolute Gasteiger partial charge is 0.189 e. The Morgan fingerprint density at radius 2 is 1.44 bits per heavy atom. The van der Waals surface area contributed by atoms with E-state index in [2.05, 4.69) is 43.3 Å². The quantitative estimate of drug-likeness (QED) is 0.436. The van der Waals surface area contributed by atoms with Gasteiger partial charge in [0.25, 0.3) is 0 Å². The number of aliphatic hydroxyl groups excluding tert-OH is 1. The highest BCUT2D eigenvalue weighted by Crippen LogP contribution is 2.45. The van der Waals surface area contributed by atoms with Gasteiger partial charge in [-0.05, 0) is 59.0 Å². The van der Waals surface area contributed by atoms with Gasteiger partial charge in [-0.25, -0.2) is 0 Å². The van der Waals surface area contributed by atoms with Gasteiger partial charge in [-0.3, -0.25) is 4.79 Å². The number of carbonyl (C=O) groups is 1. The Bertz CT molecular complexity index is 1200. The second kappa shape index (κ2) is 8.72. The maximum Gasteiger partial charge on any atom is 0.189 e. The van der Waals surface area contributed by atoms with Crippen LogP contribution < -0.4 is 0 Å². The lowest BCUT2D eigenvalue weighted by Gasteiger charge is -2.35. The minimum absolute atomic E-state index is 0.0322. The summed E-state index contributed by atoms with van der Waals surface area (Å²) in [5.41, 5.74) is 3.83. The van der Waals surface area contributed by atoms with Gasteiger partial charge in [-0.1, -0.05) is 80.6 Å². The van der Waals surface area contributed by atoms with Gasteiger partial charge < -0.3 is 10.2 Å². The van der Waals surface area contributed by atoms with Crippen LogP contribution in [0.1, 0.15) is 35.7 Å². The van der Waals surface area contributed by atoms with Crippen LogP contribution in [0, 0.1) is 5.41 Å². The molecule has 32 heavy (non-hydrogen) atoms. The lowest BCUT2D eigenvalue weighted by atomic mass is 9.67. The number of aliphatic hydroxyl groups is 1. The summed E-state index contributed by atoms with van der Waals surface area (Å²) in [5, 5.41) is 19.7. The zero-order valence-corrected chi connectivity index (χ0v) is 18.2. The number of rotatable bonds is 5. The van der Waals surface area contributed by atoms with Gasteiger partial charge in [0, 0.05) is 16.6 Å². The third-order valence-corrected chi connectivity index (χ3v) is 6.39. The normalized spacial score (nSPS) is 18.9. The summed E-state index contributed by atoms with van der Waals surface area (Å²) in [6.45, 7) is 4.12. The zero-order chi connectivity index (χ0) is 22.7. The van der Waals surface area contributed by atoms with Crippen LogP contribution in [0.4, 0.5) is 0 Å². The van der Waals surface area contributed by atoms with E-state index in [1.165, 1.54) is 12.1 Å². The van der Waals surface area contributed by atoms with Gasteiger partial charge >= 0.3 is 0 Å². The van der Waals surface area contributed by atoms with Crippen LogP contribution in [-0.2, 0) is 0 Å². The van der Waals surface area contributed by atoms with E-state index in [4.69, 9.17) is 0 Å². The maximum atomic E-state index is 13.5. The summed E-state index contributed by atoms with van der Waals surface area (Å²) in [6.07, 6.45) is 6.83. The molecule has 3 heteroatoms. The van der Waals surface area contributed by atoms with Crippen LogP contribution in [-0.4, -0.2) is 16.0 Å². The van der Waals surface area contributed by atoms with Crippen molar-refractivity contribution in [2.45, 2.75) is 19.8 Å². The molecule has 0 spiro atoms. The molecule has 2 unspecified atom stereocenters. The fourth-order valence-electron chi connectivity index (χ4n) is 4.16. The number of phenols is 1. The van der Waals surface area contributed by atoms with E-state index in [1.54, 1.807) is 30.4 Å². The Morgan fingerprint density at radius 1 is 0.812 bits per heavy atom. The number of carbonyl (C=O) groups excluding carboxylic acids is 1. The average molecular weight is 423 g/mol. The molecule has 0 aromatic heterocycles. The number of hydrogen-bond donors (Lipinski definition) is 2. The van der Waals surface area contributed by atoms with Crippen LogP contribution in [0.3, 0.4) is 0 Å². The third kappa shape index (κ3) is 4.15. The van der Waals surface area contributed by atoms with Crippen molar-refractivity contribution in [2.24, 2.45) is 5.41 Å². The molecule has 3 nitrogen and oxygen atoms in total. The summed E-state index contributed by atoms with van der Waals surface area (Å²) in [4.78, 5) is 13.5. The first-order valence-electron chi connectivity index (χ1n) is 10.7. The molecule has 3 aromatic rings. The molecular weight excluding hydrogens is 396 g/mol. The van der Waals surface area contributed by atoms with Crippen molar-refractivity contribution in [1.82, 2.24) is 0 Å². The fourth-order valence-corrected chi connectivity index (χ4v) is 4.16. The van der Waals surface area contributed by atoms with Crippen molar-refractivity contribution < 1.29 is 15.0 Å². The molecule has 2 atom stereocenters. The van der Waals surface area contributed by atoms with Crippen LogP contribution in [0.25, 0.3) is 11.1 Å². The van der Waals surface area contributed by atoms with Gasteiger partial charge in [0.1, 0.15) is 11.5 Å². The molecule has 0 radical (unpaired) electrons. The molecule has 0 aliphatic heterocycles. The number of allylic oxidation sites excluding steroid dienone is 5. The molecule has 2 N–H and O–H groups in total. The number of ketones is 1. The first-order chi connectivity index (χ1) is 15.4. The summed E-state index contributed by atoms with van der Waals surface area (Å²) in [6, 6.07) is 24.9. The first kappa shape index (κ1) is 21.4. The number of phenolic OH excluding ortho intramolecular Hbond substituents is 1. The van der Waals surface area contributed by atoms with Crippen molar-refractivity contribution >= 4 is 5.78 Å². The van der Waals surface area contributed by atoms with E-state index < -0.39 is 5.41 Å². The van der Waals surface area contributed by atoms with Gasteiger partial charge in [0.2, 0.25) is 0 Å². The van der Waals surface area contributed by atoms with Crippen LogP contribution in [0.5, 0.6) is 5.75 Å². The second-order valence-corrected chi connectivity index (χ2v) is 8.37. The van der Waals surface area contributed by atoms with E-state index >= 15 is 0 Å². The third-order valence-electron chi connectivity index (χ3n) is 6.39. The summed E-state index contributed by atoms with van der Waals surface area (Å²) in [5.74, 6) is 0.0610. The number of hydrogen-bond acceptors (Lipinski definition) is 3. The monoisotopic (exact) mass is 422 g/mol. The molecule has 0 saturated carbocycles. The molecule has 160 valence electrons. The minimum atomic E-state index is -0.649. The van der Waals surface area contributed by atoms with Crippen molar-refractivity contribution in [3.05, 3.63) is 126 Å². The highest BCUT2D eigenvalue weighted by atomic mass is 16.3. The molecule has 0 amide bonds. The Labute approximate surface area is 188 Å². The fraction of sp³-hybridized carbons (Fsp3) is 0.138. The van der Waals surface area contributed by atoms with Gasteiger partial charge in [-0.15, -0.1) is 0 Å². The molecule has 0 bridgehead atoms. The first-order valence-corrected chi connectivity index (χ1v) is 10.7. The molecule has 1 aliphatic carbocycles. The standard InChI is InChI=1S/C29H26O3/c1-20(21-8-10-23(11-9-21)22-6-4-3-5-7-22)29(2)19-18-26(31)16-17-27(29)28(32)24-12-14-25(30)15-13-24/h3-20,30-31H,1-2H3. The van der Waals surface area contributed by atoms with Gasteiger partial charge in [0.15, 0.2) is 5.78 Å². The molecule has 0 fully saturated rings. The molecule has 0 heterocycles. The average Bonchev–Trinajstić information content (AvgIpc) is 2.98. The zero-order valence-electron chi connectivity index (χ0n) is 18.2. The molecular formula is C29H26O3. The highest BCUT2D eigenvalue weighted by Gasteiger charge is 2.38. The van der Waals surface area contributed by atoms with Crippen LogP contribution in [0.15, 0.2) is 114 Å². The van der Waals surface area contributed by atoms with E-state index in [-0.39, 0.29) is 23.2 Å². The summed E-state index contributed by atoms with van der Waals surface area (Å²) in [7, 11) is 0. The SMILES string of the molecule is CC(c1ccc(-c2ccccc2)cc1)C1(C)C=CC(O)=CC=C1C(=O)c1ccc(O)cc1. The lowest BCUT2D eigenvalue weighted by molar-refractivity contribution is 0.101. The van der Waals surface area contributed by atoms with Crippen molar-refractivity contribution in [3.63, 3.8) is 0 Å². The van der Waals surface area contributed by atoms with E-state index in [0.717, 1.165) is 16.7 Å². The molecule has 1 aliphatic rings. The van der Waals surface area contributed by atoms with Crippen molar-refractivity contribution in [1.29, 1.82) is 0 Å². The number of aromatic hydroxyl groups is 1. The van der Waals surface area contributed by atoms with Crippen LogP contribution in [0.2, 0.25) is 0 Å². The predicted molar refractivity (Wildman–Crippen MR) is 129 cm³/mol. The Morgan fingerprint density at radius 3 is 2.09 bits per heavy atom. The van der Waals surface area contributed by atoms with Gasteiger partial charge in [-0.2, -0.15) is 0 Å².